The number of likely N-dealkylation sites (N-methyl/N-ethyl adjacent to an activating group) is 1. The Morgan fingerprint density at radius 2 is 1.41 bits per heavy atom. The van der Waals surface area contributed by atoms with Crippen LogP contribution in [0.3, 0.4) is 0 Å². The third-order valence-electron chi connectivity index (χ3n) is 8.54. The molecule has 0 radical (unpaired) electrons. The Kier molecular flexibility index (Phi) is 12.8. The topological polar surface area (TPSA) is 119 Å². The zero-order chi connectivity index (χ0) is 37.7. The Balaban J connectivity index is 1.37. The largest absolute Gasteiger partial charge is 0.501 e. The predicted octanol–water partition coefficient (Wildman–Crippen LogP) is 6.62. The number of hydrogen-bond acceptors (Lipinski definition) is 8. The van der Waals surface area contributed by atoms with E-state index in [1.807, 2.05) is 43.4 Å². The minimum absolute atomic E-state index is 0.123. The summed E-state index contributed by atoms with van der Waals surface area (Å²) in [5.74, 6) is 0.576. The van der Waals surface area contributed by atoms with Gasteiger partial charge in [0.1, 0.15) is 4.90 Å². The van der Waals surface area contributed by atoms with Crippen molar-refractivity contribution in [2.75, 3.05) is 36.2 Å². The minimum atomic E-state index is -5.85. The number of halogens is 3. The van der Waals surface area contributed by atoms with Crippen LogP contribution in [0.4, 0.5) is 24.5 Å². The molecule has 0 unspecified atom stereocenters. The van der Waals surface area contributed by atoms with E-state index in [1.54, 1.807) is 18.7 Å². The first-order chi connectivity index (χ1) is 23.8. The van der Waals surface area contributed by atoms with E-state index in [1.165, 1.54) is 10.4 Å². The van der Waals surface area contributed by atoms with Gasteiger partial charge in [0, 0.05) is 30.2 Å². The van der Waals surface area contributed by atoms with Crippen molar-refractivity contribution < 1.29 is 34.4 Å². The Bertz CT molecular complexity index is 1940. The molecule has 4 aromatic rings. The molecule has 0 fully saturated rings. The number of benzene rings is 4. The van der Waals surface area contributed by atoms with Crippen molar-refractivity contribution in [3.63, 3.8) is 0 Å². The fourth-order valence-electron chi connectivity index (χ4n) is 5.86. The first-order valence-electron chi connectivity index (χ1n) is 16.2. The SMILES string of the molecule is C[C@H](CCSc1ccc(N(C)CCO[Si](c2ccccc2)(c2ccccc2)C(C)(C)C)cc1)Nc1ccc(S(N)(=O)=O)cc1S(=O)(=O)C(F)(F)F. The number of nitrogens with two attached hydrogens (primary N) is 1. The quantitative estimate of drug-likeness (QED) is 0.102. The van der Waals surface area contributed by atoms with Crippen molar-refractivity contribution in [1.29, 1.82) is 0 Å². The summed E-state index contributed by atoms with van der Waals surface area (Å²) in [6, 6.07) is 31.0. The van der Waals surface area contributed by atoms with E-state index in [0.717, 1.165) is 22.7 Å². The van der Waals surface area contributed by atoms with Crippen molar-refractivity contribution in [2.45, 2.75) is 65.4 Å². The number of nitrogens with one attached hydrogen (secondary N) is 1. The van der Waals surface area contributed by atoms with Crippen LogP contribution >= 0.6 is 11.8 Å². The van der Waals surface area contributed by atoms with E-state index >= 15 is 0 Å². The Labute approximate surface area is 304 Å². The lowest BCUT2D eigenvalue weighted by molar-refractivity contribution is -0.0435. The van der Waals surface area contributed by atoms with E-state index in [9.17, 15) is 30.0 Å². The molecule has 0 aliphatic rings. The van der Waals surface area contributed by atoms with Crippen LogP contribution in [0.1, 0.15) is 34.1 Å². The van der Waals surface area contributed by atoms with Crippen molar-refractivity contribution in [3.05, 3.63) is 103 Å². The Hall–Kier alpha value is -3.34. The molecule has 8 nitrogen and oxygen atoms in total. The zero-order valence-corrected chi connectivity index (χ0v) is 32.6. The van der Waals surface area contributed by atoms with Crippen LogP contribution in [0.5, 0.6) is 0 Å². The highest BCUT2D eigenvalue weighted by Gasteiger charge is 2.50. The highest BCUT2D eigenvalue weighted by Crippen LogP contribution is 2.38. The van der Waals surface area contributed by atoms with Gasteiger partial charge >= 0.3 is 5.51 Å². The van der Waals surface area contributed by atoms with Crippen LogP contribution in [0.25, 0.3) is 0 Å². The first kappa shape index (κ1) is 40.4. The molecule has 0 bridgehead atoms. The third kappa shape index (κ3) is 9.56. The Morgan fingerprint density at radius 1 is 0.863 bits per heavy atom. The Morgan fingerprint density at radius 3 is 1.90 bits per heavy atom. The van der Waals surface area contributed by atoms with E-state index in [0.29, 0.717) is 31.4 Å². The van der Waals surface area contributed by atoms with Gasteiger partial charge in [-0.15, -0.1) is 11.8 Å². The van der Waals surface area contributed by atoms with Crippen LogP contribution in [-0.2, 0) is 24.3 Å². The second kappa shape index (κ2) is 16.1. The molecule has 0 amide bonds. The van der Waals surface area contributed by atoms with E-state index in [2.05, 4.69) is 79.5 Å². The van der Waals surface area contributed by atoms with Crippen LogP contribution in [0.2, 0.25) is 5.04 Å². The van der Waals surface area contributed by atoms with Crippen molar-refractivity contribution in [2.24, 2.45) is 5.14 Å². The summed E-state index contributed by atoms with van der Waals surface area (Å²) in [6.45, 7) is 9.65. The molecule has 0 saturated heterocycles. The highest BCUT2D eigenvalue weighted by atomic mass is 32.2. The lowest BCUT2D eigenvalue weighted by Gasteiger charge is -2.43. The third-order valence-corrected chi connectivity index (χ3v) is 17.1. The van der Waals surface area contributed by atoms with E-state index in [-0.39, 0.29) is 10.7 Å². The molecule has 0 aromatic heterocycles. The summed E-state index contributed by atoms with van der Waals surface area (Å²) in [5.41, 5.74) is -4.97. The van der Waals surface area contributed by atoms with Gasteiger partial charge in [-0.3, -0.25) is 0 Å². The van der Waals surface area contributed by atoms with Crippen LogP contribution < -0.4 is 25.7 Å². The summed E-state index contributed by atoms with van der Waals surface area (Å²) < 4.78 is 95.2. The molecule has 0 aliphatic carbocycles. The molecule has 51 heavy (non-hydrogen) atoms. The van der Waals surface area contributed by atoms with Gasteiger partial charge in [0.05, 0.1) is 17.2 Å². The van der Waals surface area contributed by atoms with Crippen LogP contribution in [-0.4, -0.2) is 62.7 Å². The van der Waals surface area contributed by atoms with Gasteiger partial charge in [-0.2, -0.15) is 13.2 Å². The number of sulfonamides is 1. The molecular weight excluding hydrogens is 736 g/mol. The molecule has 0 aliphatic heterocycles. The number of primary sulfonamides is 1. The fraction of sp³-hybridized carbons (Fsp3) is 0.333. The molecule has 0 heterocycles. The predicted molar refractivity (Wildman–Crippen MR) is 203 cm³/mol. The average molecular weight is 780 g/mol. The molecule has 3 N–H and O–H groups in total. The molecule has 276 valence electrons. The maximum Gasteiger partial charge on any atom is 0.501 e. The summed E-state index contributed by atoms with van der Waals surface area (Å²) in [5, 5.41) is 10.2. The standard InChI is InChI=1S/C36H44F3N3O5S3Si/c1-27(41-33-21-20-30(50(40,45)46)26-34(33)49(43,44)36(37,38)39)22-25-48-29-18-16-28(17-19-29)42(5)23-24-47-51(35(2,3)4,31-12-8-6-9-13-31)32-14-10-7-11-15-32/h6-21,26-27,41H,22-25H2,1-5H3,(H2,40,45,46)/t27-/m1/s1. The second-order valence-corrected chi connectivity index (χ2v) is 22.2. The lowest BCUT2D eigenvalue weighted by atomic mass is 10.2. The summed E-state index contributed by atoms with van der Waals surface area (Å²) in [6.07, 6.45) is 0.467. The van der Waals surface area contributed by atoms with Gasteiger partial charge in [0.25, 0.3) is 18.2 Å². The van der Waals surface area contributed by atoms with Gasteiger partial charge in [-0.1, -0.05) is 81.4 Å². The molecule has 4 rings (SSSR count). The normalized spacial score (nSPS) is 13.5. The summed E-state index contributed by atoms with van der Waals surface area (Å²) >= 11 is 1.55. The maximum absolute atomic E-state index is 13.4. The van der Waals surface area contributed by atoms with Crippen molar-refractivity contribution in [1.82, 2.24) is 0 Å². The molecule has 0 spiro atoms. The summed E-state index contributed by atoms with van der Waals surface area (Å²) in [4.78, 5) is 1.20. The van der Waals surface area contributed by atoms with Crippen LogP contribution in [0.15, 0.2) is 118 Å². The molecule has 4 aromatic carbocycles. The fourth-order valence-corrected chi connectivity index (χ4v) is 13.0. The summed E-state index contributed by atoms with van der Waals surface area (Å²) in [7, 11) is -10.9. The van der Waals surface area contributed by atoms with E-state index < -0.39 is 49.5 Å². The van der Waals surface area contributed by atoms with Crippen molar-refractivity contribution >= 4 is 61.7 Å². The van der Waals surface area contributed by atoms with Crippen molar-refractivity contribution in [3.8, 4) is 0 Å². The molecule has 1 atom stereocenters. The average Bonchev–Trinajstić information content (AvgIpc) is 3.06. The minimum Gasteiger partial charge on any atom is -0.406 e. The molecule has 0 saturated carbocycles. The van der Waals surface area contributed by atoms with Gasteiger partial charge in [-0.05, 0) is 77.0 Å². The van der Waals surface area contributed by atoms with Gasteiger partial charge in [-0.25, -0.2) is 22.0 Å². The number of alkyl halides is 3. The lowest BCUT2D eigenvalue weighted by Crippen LogP contribution is -2.67. The number of anilines is 2. The zero-order valence-electron chi connectivity index (χ0n) is 29.1. The number of thioether (sulfide) groups is 1. The first-order valence-corrected chi connectivity index (χ1v) is 22.1. The molecular formula is C36H44F3N3O5S3Si. The van der Waals surface area contributed by atoms with E-state index in [4.69, 9.17) is 9.56 Å². The maximum atomic E-state index is 13.4. The highest BCUT2D eigenvalue weighted by molar-refractivity contribution is 7.99. The number of hydrogen-bond donors (Lipinski definition) is 2. The number of rotatable bonds is 15. The second-order valence-electron chi connectivity index (χ2n) is 13.3. The molecule has 15 heteroatoms. The number of sulfone groups is 1. The van der Waals surface area contributed by atoms with Crippen LogP contribution in [0, 0.1) is 0 Å². The number of nitrogens with zero attached hydrogens (tertiary/aromatic N) is 1. The monoisotopic (exact) mass is 779 g/mol. The van der Waals surface area contributed by atoms with Gasteiger partial charge < -0.3 is 14.6 Å². The van der Waals surface area contributed by atoms with Gasteiger partial charge in [0.15, 0.2) is 0 Å². The smallest absolute Gasteiger partial charge is 0.406 e. The van der Waals surface area contributed by atoms with Gasteiger partial charge in [0.2, 0.25) is 10.0 Å².